The molecule has 2 aromatic carbocycles. The first kappa shape index (κ1) is 19.9. The van der Waals surface area contributed by atoms with E-state index in [4.69, 9.17) is 11.6 Å². The third kappa shape index (κ3) is 4.80. The van der Waals surface area contributed by atoms with Gasteiger partial charge in [-0.1, -0.05) is 17.7 Å². The lowest BCUT2D eigenvalue weighted by molar-refractivity contribution is -0.384. The summed E-state index contributed by atoms with van der Waals surface area (Å²) in [5, 5.41) is 22.7. The number of nitro benzene ring substituents is 1. The zero-order chi connectivity index (χ0) is 20.1. The number of rotatable bonds is 5. The van der Waals surface area contributed by atoms with Crippen LogP contribution in [0.2, 0.25) is 5.02 Å². The summed E-state index contributed by atoms with van der Waals surface area (Å²) in [4.78, 5) is 24.5. The van der Waals surface area contributed by atoms with Crippen molar-refractivity contribution in [1.29, 1.82) is 5.26 Å². The molecule has 0 fully saturated rings. The lowest BCUT2D eigenvalue weighted by atomic mass is 10.1. The van der Waals surface area contributed by atoms with E-state index < -0.39 is 16.6 Å². The number of anilines is 2. The van der Waals surface area contributed by atoms with Crippen molar-refractivity contribution >= 4 is 40.6 Å². The molecule has 0 heterocycles. The number of hydrogen-bond donors (Lipinski definition) is 1. The summed E-state index contributed by atoms with van der Waals surface area (Å²) in [6.45, 7) is 0. The zero-order valence-corrected chi connectivity index (χ0v) is 15.1. The highest BCUT2D eigenvalue weighted by molar-refractivity contribution is 6.31. The summed E-state index contributed by atoms with van der Waals surface area (Å²) in [6.07, 6.45) is 1.23. The minimum atomic E-state index is -0.750. The molecule has 0 aliphatic rings. The molecule has 27 heavy (non-hydrogen) atoms. The number of halogens is 2. The Balaban J connectivity index is 2.33. The van der Waals surface area contributed by atoms with Crippen LogP contribution in [0.25, 0.3) is 6.08 Å². The summed E-state index contributed by atoms with van der Waals surface area (Å²) in [5.41, 5.74) is 0.484. The second-order valence-electron chi connectivity index (χ2n) is 5.65. The molecule has 0 spiro atoms. The fraction of sp³-hybridized carbons (Fsp3) is 0.111. The highest BCUT2D eigenvalue weighted by atomic mass is 35.5. The van der Waals surface area contributed by atoms with Crippen LogP contribution in [-0.4, -0.2) is 24.9 Å². The molecule has 0 saturated carbocycles. The number of carbonyl (C=O) groups excluding carboxylic acids is 1. The van der Waals surface area contributed by atoms with Crippen LogP contribution in [0.15, 0.2) is 42.0 Å². The number of nitrogens with zero attached hydrogens (tertiary/aromatic N) is 3. The molecular weight excluding hydrogens is 375 g/mol. The Morgan fingerprint density at radius 1 is 1.33 bits per heavy atom. The van der Waals surface area contributed by atoms with Gasteiger partial charge in [-0.3, -0.25) is 14.9 Å². The number of nitriles is 1. The number of nitro groups is 1. The van der Waals surface area contributed by atoms with Crippen LogP contribution < -0.4 is 10.2 Å². The van der Waals surface area contributed by atoms with Gasteiger partial charge in [0.2, 0.25) is 0 Å². The molecule has 0 unspecified atom stereocenters. The van der Waals surface area contributed by atoms with Crippen molar-refractivity contribution in [3.05, 3.63) is 68.5 Å². The molecule has 0 saturated heterocycles. The van der Waals surface area contributed by atoms with E-state index in [2.05, 4.69) is 5.32 Å². The Bertz CT molecular complexity index is 983. The second-order valence-corrected chi connectivity index (χ2v) is 6.06. The van der Waals surface area contributed by atoms with Gasteiger partial charge in [-0.15, -0.1) is 0 Å². The van der Waals surface area contributed by atoms with Crippen molar-refractivity contribution in [3.63, 3.8) is 0 Å². The highest BCUT2D eigenvalue weighted by Gasteiger charge is 2.17. The average Bonchev–Trinajstić information content (AvgIpc) is 2.62. The van der Waals surface area contributed by atoms with Crippen molar-refractivity contribution in [3.8, 4) is 6.07 Å². The van der Waals surface area contributed by atoms with Crippen LogP contribution in [0.3, 0.4) is 0 Å². The number of carbonyl (C=O) groups is 1. The fourth-order valence-electron chi connectivity index (χ4n) is 2.24. The lowest BCUT2D eigenvalue weighted by Gasteiger charge is -2.12. The number of hydrogen-bond acceptors (Lipinski definition) is 5. The van der Waals surface area contributed by atoms with Gasteiger partial charge in [0.1, 0.15) is 23.1 Å². The predicted octanol–water partition coefficient (Wildman–Crippen LogP) is 4.00. The van der Waals surface area contributed by atoms with E-state index in [9.17, 15) is 24.6 Å². The quantitative estimate of drug-likeness (QED) is 0.361. The van der Waals surface area contributed by atoms with Crippen LogP contribution in [-0.2, 0) is 4.79 Å². The maximum Gasteiger partial charge on any atom is 0.293 e. The molecule has 0 radical (unpaired) electrons. The van der Waals surface area contributed by atoms with Gasteiger partial charge in [-0.2, -0.15) is 5.26 Å². The van der Waals surface area contributed by atoms with Gasteiger partial charge in [-0.25, -0.2) is 4.39 Å². The first-order valence-corrected chi connectivity index (χ1v) is 7.94. The molecule has 9 heteroatoms. The summed E-state index contributed by atoms with van der Waals surface area (Å²) in [5.74, 6) is -1.39. The van der Waals surface area contributed by atoms with Crippen molar-refractivity contribution < 1.29 is 14.1 Å². The summed E-state index contributed by atoms with van der Waals surface area (Å²) in [7, 11) is 3.33. The van der Waals surface area contributed by atoms with E-state index in [-0.39, 0.29) is 22.0 Å². The topological polar surface area (TPSA) is 99.3 Å². The van der Waals surface area contributed by atoms with Gasteiger partial charge in [0.15, 0.2) is 0 Å². The van der Waals surface area contributed by atoms with Crippen molar-refractivity contribution in [1.82, 2.24) is 0 Å². The molecular formula is C18H14ClFN4O3. The van der Waals surface area contributed by atoms with Gasteiger partial charge < -0.3 is 10.2 Å². The standard InChI is InChI=1S/C18H14ClFN4O3/c1-23(2)16-6-3-11(8-17(16)24(26)27)7-12(10-21)18(25)22-13-4-5-15(20)14(19)9-13/h3-9H,1-2H3,(H,22,25)/b12-7+. The maximum atomic E-state index is 13.2. The molecule has 1 N–H and O–H groups in total. The third-order valence-electron chi connectivity index (χ3n) is 3.53. The summed E-state index contributed by atoms with van der Waals surface area (Å²) < 4.78 is 13.2. The van der Waals surface area contributed by atoms with Gasteiger partial charge in [0, 0.05) is 25.8 Å². The third-order valence-corrected chi connectivity index (χ3v) is 3.82. The molecule has 0 aliphatic heterocycles. The van der Waals surface area contributed by atoms with Gasteiger partial charge in [0.05, 0.1) is 9.95 Å². The number of benzene rings is 2. The predicted molar refractivity (Wildman–Crippen MR) is 101 cm³/mol. The largest absolute Gasteiger partial charge is 0.372 e. The van der Waals surface area contributed by atoms with Crippen LogP contribution in [0, 0.1) is 27.3 Å². The molecule has 7 nitrogen and oxygen atoms in total. The fourth-order valence-corrected chi connectivity index (χ4v) is 2.42. The minimum absolute atomic E-state index is 0.156. The second kappa shape index (κ2) is 8.29. The van der Waals surface area contributed by atoms with E-state index >= 15 is 0 Å². The van der Waals surface area contributed by atoms with E-state index in [1.165, 1.54) is 30.3 Å². The molecule has 0 bridgehead atoms. The van der Waals surface area contributed by atoms with E-state index in [0.717, 1.165) is 6.07 Å². The molecule has 0 aromatic heterocycles. The van der Waals surface area contributed by atoms with Crippen LogP contribution in [0.5, 0.6) is 0 Å². The molecule has 2 aromatic rings. The number of nitrogens with one attached hydrogen (secondary N) is 1. The summed E-state index contributed by atoms with van der Waals surface area (Å²) in [6, 6.07) is 9.68. The van der Waals surface area contributed by atoms with Gasteiger partial charge in [0.25, 0.3) is 11.6 Å². The minimum Gasteiger partial charge on any atom is -0.372 e. The SMILES string of the molecule is CN(C)c1ccc(/C=C(\C#N)C(=O)Nc2ccc(F)c(Cl)c2)cc1[N+](=O)[O-]. The highest BCUT2D eigenvalue weighted by Crippen LogP contribution is 2.28. The van der Waals surface area contributed by atoms with Crippen molar-refractivity contribution in [2.45, 2.75) is 0 Å². The normalized spacial score (nSPS) is 10.9. The average molecular weight is 389 g/mol. The van der Waals surface area contributed by atoms with Crippen molar-refractivity contribution in [2.75, 3.05) is 24.3 Å². The molecule has 1 amide bonds. The lowest BCUT2D eigenvalue weighted by Crippen LogP contribution is -2.13. The van der Waals surface area contributed by atoms with Crippen molar-refractivity contribution in [2.24, 2.45) is 0 Å². The zero-order valence-electron chi connectivity index (χ0n) is 14.4. The Labute approximate surface area is 159 Å². The Morgan fingerprint density at radius 3 is 2.59 bits per heavy atom. The molecule has 2 rings (SSSR count). The number of amides is 1. The molecule has 0 aliphatic carbocycles. The van der Waals surface area contributed by atoms with E-state index in [1.54, 1.807) is 31.1 Å². The van der Waals surface area contributed by atoms with E-state index in [0.29, 0.717) is 11.3 Å². The Morgan fingerprint density at radius 2 is 2.04 bits per heavy atom. The van der Waals surface area contributed by atoms with Crippen LogP contribution in [0.1, 0.15) is 5.56 Å². The Hall–Kier alpha value is -3.44. The van der Waals surface area contributed by atoms with E-state index in [1.807, 2.05) is 0 Å². The monoisotopic (exact) mass is 388 g/mol. The smallest absolute Gasteiger partial charge is 0.293 e. The molecule has 138 valence electrons. The first-order valence-electron chi connectivity index (χ1n) is 7.57. The first-order chi connectivity index (χ1) is 12.7. The summed E-state index contributed by atoms with van der Waals surface area (Å²) >= 11 is 5.65. The van der Waals surface area contributed by atoms with Crippen LogP contribution in [0.4, 0.5) is 21.5 Å². The van der Waals surface area contributed by atoms with Gasteiger partial charge in [-0.05, 0) is 35.9 Å². The maximum absolute atomic E-state index is 13.2. The van der Waals surface area contributed by atoms with Gasteiger partial charge >= 0.3 is 0 Å². The Kier molecular flexibility index (Phi) is 6.11. The van der Waals surface area contributed by atoms with Crippen LogP contribution >= 0.6 is 11.6 Å². The molecule has 0 atom stereocenters.